The highest BCUT2D eigenvalue weighted by Gasteiger charge is 2.27. The average molecular weight is 369 g/mol. The third-order valence-electron chi connectivity index (χ3n) is 3.95. The molecule has 1 fully saturated rings. The van der Waals surface area contributed by atoms with Crippen LogP contribution >= 0.6 is 27.3 Å². The van der Waals surface area contributed by atoms with E-state index in [0.29, 0.717) is 17.1 Å². The number of nitrogens with zero attached hydrogens (tertiary/aromatic N) is 1. The van der Waals surface area contributed by atoms with Crippen molar-refractivity contribution in [2.45, 2.75) is 12.8 Å². The van der Waals surface area contributed by atoms with Gasteiger partial charge in [-0.2, -0.15) is 0 Å². The van der Waals surface area contributed by atoms with Crippen LogP contribution in [0.25, 0.3) is 10.1 Å². The normalized spacial score (nSPS) is 19.1. The lowest BCUT2D eigenvalue weighted by atomic mass is 9.99. The molecule has 1 aromatic heterocycles. The van der Waals surface area contributed by atoms with Crippen molar-refractivity contribution in [1.82, 2.24) is 4.90 Å². The molecule has 0 saturated carbocycles. The van der Waals surface area contributed by atoms with E-state index < -0.39 is 0 Å². The number of hydrogen-bond donors (Lipinski definition) is 2. The summed E-state index contributed by atoms with van der Waals surface area (Å²) in [6, 6.07) is 5.86. The molecule has 4 nitrogen and oxygen atoms in total. The van der Waals surface area contributed by atoms with Crippen LogP contribution in [0.2, 0.25) is 0 Å². The van der Waals surface area contributed by atoms with Gasteiger partial charge in [0, 0.05) is 34.3 Å². The number of nitrogens with two attached hydrogens (primary N) is 1. The number of aliphatic hydroxyl groups is 1. The molecule has 2 heterocycles. The lowest BCUT2D eigenvalue weighted by Gasteiger charge is -2.31. The van der Waals surface area contributed by atoms with Crippen LogP contribution in [0.1, 0.15) is 22.5 Å². The zero-order valence-electron chi connectivity index (χ0n) is 11.5. The maximum atomic E-state index is 12.7. The lowest BCUT2D eigenvalue weighted by Crippen LogP contribution is -2.40. The van der Waals surface area contributed by atoms with Crippen molar-refractivity contribution in [3.05, 3.63) is 27.5 Å². The molecule has 1 amide bonds. The van der Waals surface area contributed by atoms with Crippen molar-refractivity contribution < 1.29 is 9.90 Å². The van der Waals surface area contributed by atoms with E-state index >= 15 is 0 Å². The van der Waals surface area contributed by atoms with Gasteiger partial charge >= 0.3 is 0 Å². The van der Waals surface area contributed by atoms with Gasteiger partial charge in [-0.25, -0.2) is 0 Å². The molecule has 0 radical (unpaired) electrons. The number of anilines is 1. The topological polar surface area (TPSA) is 66.6 Å². The summed E-state index contributed by atoms with van der Waals surface area (Å²) < 4.78 is 1.99. The van der Waals surface area contributed by atoms with Gasteiger partial charge in [-0.15, -0.1) is 11.3 Å². The molecule has 112 valence electrons. The summed E-state index contributed by atoms with van der Waals surface area (Å²) in [7, 11) is 0. The third-order valence-corrected chi connectivity index (χ3v) is 5.60. The second-order valence-electron chi connectivity index (χ2n) is 5.43. The largest absolute Gasteiger partial charge is 0.397 e. The number of halogens is 1. The molecule has 1 aliphatic rings. The van der Waals surface area contributed by atoms with E-state index in [4.69, 9.17) is 5.73 Å². The number of aliphatic hydroxyl groups excluding tert-OH is 1. The molecule has 0 spiro atoms. The predicted molar refractivity (Wildman–Crippen MR) is 89.7 cm³/mol. The third kappa shape index (κ3) is 2.80. The molecule has 3 N–H and O–H groups in total. The second-order valence-corrected chi connectivity index (χ2v) is 7.40. The van der Waals surface area contributed by atoms with Crippen molar-refractivity contribution in [3.63, 3.8) is 0 Å². The van der Waals surface area contributed by atoms with Gasteiger partial charge in [0.15, 0.2) is 0 Å². The van der Waals surface area contributed by atoms with Crippen LogP contribution in [-0.4, -0.2) is 35.6 Å². The number of likely N-dealkylation sites (tertiary alicyclic amines) is 1. The number of amides is 1. The van der Waals surface area contributed by atoms with Crippen molar-refractivity contribution >= 4 is 48.9 Å². The number of carbonyl (C=O) groups excluding carboxylic acids is 1. The van der Waals surface area contributed by atoms with E-state index in [1.165, 1.54) is 11.3 Å². The van der Waals surface area contributed by atoms with Gasteiger partial charge in [0.05, 0.1) is 5.69 Å². The number of hydrogen-bond acceptors (Lipinski definition) is 4. The highest BCUT2D eigenvalue weighted by molar-refractivity contribution is 9.10. The molecule has 1 aliphatic heterocycles. The Bertz CT molecular complexity index is 686. The zero-order valence-corrected chi connectivity index (χ0v) is 13.9. The Kier molecular flexibility index (Phi) is 4.19. The first-order valence-electron chi connectivity index (χ1n) is 6.98. The number of carbonyl (C=O) groups is 1. The van der Waals surface area contributed by atoms with E-state index in [2.05, 4.69) is 15.9 Å². The van der Waals surface area contributed by atoms with Crippen LogP contribution in [-0.2, 0) is 0 Å². The van der Waals surface area contributed by atoms with Crippen LogP contribution in [0.4, 0.5) is 5.69 Å². The summed E-state index contributed by atoms with van der Waals surface area (Å²) in [6.45, 7) is 1.50. The first kappa shape index (κ1) is 14.8. The van der Waals surface area contributed by atoms with Crippen molar-refractivity contribution in [2.75, 3.05) is 25.4 Å². The van der Waals surface area contributed by atoms with E-state index in [-0.39, 0.29) is 18.4 Å². The fraction of sp³-hybridized carbons (Fsp3) is 0.400. The van der Waals surface area contributed by atoms with Crippen LogP contribution in [0, 0.1) is 5.92 Å². The maximum Gasteiger partial charge on any atom is 0.266 e. The molecule has 2 aromatic rings. The molecular weight excluding hydrogens is 352 g/mol. The molecule has 21 heavy (non-hydrogen) atoms. The number of fused-ring (bicyclic) bond motifs is 1. The molecule has 6 heteroatoms. The minimum absolute atomic E-state index is 0.0111. The highest BCUT2D eigenvalue weighted by Crippen LogP contribution is 2.36. The Morgan fingerprint density at radius 1 is 1.52 bits per heavy atom. The first-order valence-corrected chi connectivity index (χ1v) is 8.58. The first-order chi connectivity index (χ1) is 10.1. The number of benzene rings is 1. The second kappa shape index (κ2) is 5.94. The highest BCUT2D eigenvalue weighted by atomic mass is 79.9. The fourth-order valence-corrected chi connectivity index (χ4v) is 4.43. The summed E-state index contributed by atoms with van der Waals surface area (Å²) >= 11 is 4.88. The summed E-state index contributed by atoms with van der Waals surface area (Å²) in [5, 5.41) is 10.2. The molecule has 1 saturated heterocycles. The van der Waals surface area contributed by atoms with E-state index in [0.717, 1.165) is 33.9 Å². The summed E-state index contributed by atoms with van der Waals surface area (Å²) in [5.74, 6) is 0.176. The number of piperidine rings is 1. The predicted octanol–water partition coefficient (Wildman–Crippen LogP) is 3.09. The monoisotopic (exact) mass is 368 g/mol. The Hall–Kier alpha value is -1.11. The van der Waals surface area contributed by atoms with Crippen LogP contribution in [0.15, 0.2) is 22.7 Å². The van der Waals surface area contributed by atoms with Gasteiger partial charge < -0.3 is 15.7 Å². The Balaban J connectivity index is 1.92. The molecule has 0 aliphatic carbocycles. The van der Waals surface area contributed by atoms with Gasteiger partial charge in [0.1, 0.15) is 4.88 Å². The number of nitrogen functional groups attached to an aromatic ring is 1. The quantitative estimate of drug-likeness (QED) is 0.855. The van der Waals surface area contributed by atoms with Crippen LogP contribution < -0.4 is 5.73 Å². The fourth-order valence-electron chi connectivity index (χ4n) is 2.79. The lowest BCUT2D eigenvalue weighted by molar-refractivity contribution is 0.0626. The van der Waals surface area contributed by atoms with Gasteiger partial charge in [-0.1, -0.05) is 22.0 Å². The molecule has 0 bridgehead atoms. The van der Waals surface area contributed by atoms with Crippen LogP contribution in [0.3, 0.4) is 0 Å². The smallest absolute Gasteiger partial charge is 0.266 e. The standard InChI is InChI=1S/C15H17BrN2O2S/c16-10-3-4-11-12(6-10)21-14(13(11)17)15(20)18-5-1-2-9(7-18)8-19/h3-4,6,9,19H,1-2,5,7-8,17H2. The van der Waals surface area contributed by atoms with E-state index in [1.54, 1.807) is 0 Å². The molecule has 1 aromatic carbocycles. The number of thiophene rings is 1. The molecule has 1 unspecified atom stereocenters. The maximum absolute atomic E-state index is 12.7. The van der Waals surface area contributed by atoms with Gasteiger partial charge in [0.25, 0.3) is 5.91 Å². The van der Waals surface area contributed by atoms with Crippen molar-refractivity contribution in [1.29, 1.82) is 0 Å². The summed E-state index contributed by atoms with van der Waals surface area (Å²) in [5.41, 5.74) is 6.73. The van der Waals surface area contributed by atoms with Crippen LogP contribution in [0.5, 0.6) is 0 Å². The zero-order chi connectivity index (χ0) is 15.0. The minimum atomic E-state index is -0.0111. The Morgan fingerprint density at radius 3 is 3.10 bits per heavy atom. The number of rotatable bonds is 2. The molecular formula is C15H17BrN2O2S. The minimum Gasteiger partial charge on any atom is -0.397 e. The SMILES string of the molecule is Nc1c(C(=O)N2CCCC(CO)C2)sc2cc(Br)ccc12. The van der Waals surface area contributed by atoms with Gasteiger partial charge in [-0.3, -0.25) is 4.79 Å². The molecule has 1 atom stereocenters. The van der Waals surface area contributed by atoms with Crippen molar-refractivity contribution in [2.24, 2.45) is 5.92 Å². The van der Waals surface area contributed by atoms with E-state index in [1.807, 2.05) is 23.1 Å². The Morgan fingerprint density at radius 2 is 2.33 bits per heavy atom. The van der Waals surface area contributed by atoms with Gasteiger partial charge in [0.2, 0.25) is 0 Å². The van der Waals surface area contributed by atoms with E-state index in [9.17, 15) is 9.90 Å². The molecule has 3 rings (SSSR count). The average Bonchev–Trinajstić information content (AvgIpc) is 2.83. The Labute approximate surface area is 135 Å². The summed E-state index contributed by atoms with van der Waals surface area (Å²) in [4.78, 5) is 15.1. The summed E-state index contributed by atoms with van der Waals surface area (Å²) in [6.07, 6.45) is 1.92. The van der Waals surface area contributed by atoms with Gasteiger partial charge in [-0.05, 0) is 30.9 Å². The van der Waals surface area contributed by atoms with Crippen molar-refractivity contribution in [3.8, 4) is 0 Å².